The predicted molar refractivity (Wildman–Crippen MR) is 90.1 cm³/mol. The minimum absolute atomic E-state index is 0.346. The molecule has 0 radical (unpaired) electrons. The van der Waals surface area contributed by atoms with Gasteiger partial charge in [0.25, 0.3) is 0 Å². The zero-order chi connectivity index (χ0) is 14.7. The molecule has 0 saturated carbocycles. The summed E-state index contributed by atoms with van der Waals surface area (Å²) in [6.45, 7) is 9.51. The van der Waals surface area contributed by atoms with Crippen LogP contribution in [0.4, 0.5) is 0 Å². The van der Waals surface area contributed by atoms with Gasteiger partial charge >= 0.3 is 0 Å². The number of likely N-dealkylation sites (N-methyl/N-ethyl adjacent to an activating group) is 1. The number of rotatable bonds is 5. The summed E-state index contributed by atoms with van der Waals surface area (Å²) in [5.41, 5.74) is 5.26. The van der Waals surface area contributed by atoms with Gasteiger partial charge in [-0.3, -0.25) is 0 Å². The minimum Gasteiger partial charge on any atom is -0.309 e. The Morgan fingerprint density at radius 2 is 1.85 bits per heavy atom. The van der Waals surface area contributed by atoms with Crippen LogP contribution in [-0.2, 0) is 6.42 Å². The molecule has 1 N–H and O–H groups in total. The zero-order valence-electron chi connectivity index (χ0n) is 12.6. The molecule has 0 spiro atoms. The Bertz CT molecular complexity index is 569. The predicted octanol–water partition coefficient (Wildman–Crippen LogP) is 5.22. The minimum atomic E-state index is 0.346. The second-order valence-electron chi connectivity index (χ2n) is 5.34. The molecule has 2 aromatic rings. The zero-order valence-corrected chi connectivity index (χ0v) is 14.2. The molecule has 1 heterocycles. The maximum atomic E-state index is 6.21. The lowest BCUT2D eigenvalue weighted by Crippen LogP contribution is -2.22. The largest absolute Gasteiger partial charge is 0.309 e. The number of hydrogen-bond donors (Lipinski definition) is 1. The van der Waals surface area contributed by atoms with E-state index in [9.17, 15) is 0 Å². The fourth-order valence-corrected chi connectivity index (χ4v) is 3.63. The molecule has 0 saturated heterocycles. The average Bonchev–Trinajstić information content (AvgIpc) is 2.73. The van der Waals surface area contributed by atoms with Crippen LogP contribution in [-0.4, -0.2) is 6.54 Å². The van der Waals surface area contributed by atoms with Crippen molar-refractivity contribution in [2.45, 2.75) is 40.2 Å². The van der Waals surface area contributed by atoms with Crippen LogP contribution in [0.25, 0.3) is 0 Å². The SMILES string of the molecule is CCNC(Cc1ccc(C)c(C)c1)c1cc(C)c(Cl)s1. The fourth-order valence-electron chi connectivity index (χ4n) is 2.34. The Kier molecular flexibility index (Phi) is 5.25. The molecule has 0 aliphatic carbocycles. The second kappa shape index (κ2) is 6.75. The summed E-state index contributed by atoms with van der Waals surface area (Å²) in [6, 6.07) is 9.29. The number of nitrogens with one attached hydrogen (secondary N) is 1. The summed E-state index contributed by atoms with van der Waals surface area (Å²) < 4.78 is 0.906. The summed E-state index contributed by atoms with van der Waals surface area (Å²) in [7, 11) is 0. The molecule has 0 fully saturated rings. The highest BCUT2D eigenvalue weighted by molar-refractivity contribution is 7.16. The van der Waals surface area contributed by atoms with E-state index >= 15 is 0 Å². The molecule has 20 heavy (non-hydrogen) atoms. The van der Waals surface area contributed by atoms with E-state index in [1.807, 2.05) is 0 Å². The van der Waals surface area contributed by atoms with E-state index in [4.69, 9.17) is 11.6 Å². The molecule has 108 valence electrons. The standard InChI is InChI=1S/C17H22ClNS/c1-5-19-15(16-9-13(4)17(18)20-16)10-14-7-6-11(2)12(3)8-14/h6-9,15,19H,5,10H2,1-4H3. The van der Waals surface area contributed by atoms with Crippen LogP contribution in [0.1, 0.15) is 40.1 Å². The van der Waals surface area contributed by atoms with Gasteiger partial charge in [0.05, 0.1) is 4.34 Å². The number of aryl methyl sites for hydroxylation is 3. The van der Waals surface area contributed by atoms with Crippen LogP contribution >= 0.6 is 22.9 Å². The molecule has 1 aromatic heterocycles. The third-order valence-corrected chi connectivity index (χ3v) is 5.35. The van der Waals surface area contributed by atoms with Gasteiger partial charge in [-0.05, 0) is 62.1 Å². The lowest BCUT2D eigenvalue weighted by Gasteiger charge is -2.17. The van der Waals surface area contributed by atoms with Crippen LogP contribution in [0.3, 0.4) is 0 Å². The summed E-state index contributed by atoms with van der Waals surface area (Å²) in [5.74, 6) is 0. The monoisotopic (exact) mass is 307 g/mol. The van der Waals surface area contributed by atoms with Gasteiger partial charge in [-0.1, -0.05) is 36.7 Å². The molecule has 1 unspecified atom stereocenters. The third-order valence-electron chi connectivity index (χ3n) is 3.68. The first-order valence-corrected chi connectivity index (χ1v) is 8.26. The molecule has 0 aliphatic rings. The molecule has 1 nitrogen and oxygen atoms in total. The molecule has 1 atom stereocenters. The van der Waals surface area contributed by atoms with Crippen molar-refractivity contribution in [1.82, 2.24) is 5.32 Å². The summed E-state index contributed by atoms with van der Waals surface area (Å²) in [5, 5.41) is 3.57. The van der Waals surface area contributed by atoms with Crippen molar-refractivity contribution >= 4 is 22.9 Å². The molecule has 3 heteroatoms. The van der Waals surface area contributed by atoms with Gasteiger partial charge < -0.3 is 5.32 Å². The Morgan fingerprint density at radius 3 is 2.40 bits per heavy atom. The van der Waals surface area contributed by atoms with Gasteiger partial charge in [0.1, 0.15) is 0 Å². The van der Waals surface area contributed by atoms with Crippen LogP contribution in [0.2, 0.25) is 4.34 Å². The van der Waals surface area contributed by atoms with E-state index in [0.29, 0.717) is 6.04 Å². The van der Waals surface area contributed by atoms with Gasteiger partial charge in [0.15, 0.2) is 0 Å². The van der Waals surface area contributed by atoms with Crippen molar-refractivity contribution in [3.8, 4) is 0 Å². The van der Waals surface area contributed by atoms with Crippen molar-refractivity contribution in [2.24, 2.45) is 0 Å². The average molecular weight is 308 g/mol. The maximum Gasteiger partial charge on any atom is 0.0960 e. The molecule has 0 aliphatic heterocycles. The highest BCUT2D eigenvalue weighted by atomic mass is 35.5. The lowest BCUT2D eigenvalue weighted by molar-refractivity contribution is 0.558. The maximum absolute atomic E-state index is 6.21. The fraction of sp³-hybridized carbons (Fsp3) is 0.412. The first kappa shape index (κ1) is 15.6. The van der Waals surface area contributed by atoms with Gasteiger partial charge in [-0.15, -0.1) is 11.3 Å². The number of benzene rings is 1. The lowest BCUT2D eigenvalue weighted by atomic mass is 10.00. The first-order valence-electron chi connectivity index (χ1n) is 7.06. The third kappa shape index (κ3) is 3.63. The highest BCUT2D eigenvalue weighted by Crippen LogP contribution is 2.32. The van der Waals surface area contributed by atoms with E-state index < -0.39 is 0 Å². The Hall–Kier alpha value is -0.830. The van der Waals surface area contributed by atoms with Crippen LogP contribution < -0.4 is 5.32 Å². The van der Waals surface area contributed by atoms with Crippen molar-refractivity contribution in [2.75, 3.05) is 6.54 Å². The first-order chi connectivity index (χ1) is 9.51. The molecule has 0 amide bonds. The normalized spacial score (nSPS) is 12.7. The van der Waals surface area contributed by atoms with E-state index in [-0.39, 0.29) is 0 Å². The Morgan fingerprint density at radius 1 is 1.10 bits per heavy atom. The van der Waals surface area contributed by atoms with Crippen LogP contribution in [0, 0.1) is 20.8 Å². The number of hydrogen-bond acceptors (Lipinski definition) is 2. The highest BCUT2D eigenvalue weighted by Gasteiger charge is 2.15. The molecular weight excluding hydrogens is 286 g/mol. The summed E-state index contributed by atoms with van der Waals surface area (Å²) in [6.07, 6.45) is 1.01. The summed E-state index contributed by atoms with van der Waals surface area (Å²) >= 11 is 7.91. The number of halogens is 1. The molecule has 2 rings (SSSR count). The van der Waals surface area contributed by atoms with E-state index in [2.05, 4.69) is 57.3 Å². The van der Waals surface area contributed by atoms with Crippen molar-refractivity contribution in [1.29, 1.82) is 0 Å². The van der Waals surface area contributed by atoms with Gasteiger partial charge in [0, 0.05) is 10.9 Å². The number of thiophene rings is 1. The van der Waals surface area contributed by atoms with E-state index in [0.717, 1.165) is 17.3 Å². The van der Waals surface area contributed by atoms with Crippen molar-refractivity contribution in [3.05, 3.63) is 55.7 Å². The topological polar surface area (TPSA) is 12.0 Å². The van der Waals surface area contributed by atoms with Crippen molar-refractivity contribution in [3.63, 3.8) is 0 Å². The Balaban J connectivity index is 2.22. The molecule has 0 bridgehead atoms. The van der Waals surface area contributed by atoms with Crippen LogP contribution in [0.5, 0.6) is 0 Å². The molecular formula is C17H22ClNS. The van der Waals surface area contributed by atoms with Crippen molar-refractivity contribution < 1.29 is 0 Å². The van der Waals surface area contributed by atoms with Crippen LogP contribution in [0.15, 0.2) is 24.3 Å². The van der Waals surface area contributed by atoms with E-state index in [1.165, 1.54) is 27.1 Å². The smallest absolute Gasteiger partial charge is 0.0960 e. The quantitative estimate of drug-likeness (QED) is 0.798. The van der Waals surface area contributed by atoms with Gasteiger partial charge in [-0.2, -0.15) is 0 Å². The van der Waals surface area contributed by atoms with E-state index in [1.54, 1.807) is 11.3 Å². The van der Waals surface area contributed by atoms with Gasteiger partial charge in [0.2, 0.25) is 0 Å². The molecule has 1 aromatic carbocycles. The summed E-state index contributed by atoms with van der Waals surface area (Å²) in [4.78, 5) is 1.33. The van der Waals surface area contributed by atoms with Gasteiger partial charge in [-0.25, -0.2) is 0 Å². The Labute approximate surface area is 131 Å². The second-order valence-corrected chi connectivity index (χ2v) is 7.02.